The Morgan fingerprint density at radius 3 is 3.10 bits per heavy atom. The van der Waals surface area contributed by atoms with E-state index in [1.54, 1.807) is 18.3 Å². The average molecular weight is 152 g/mol. The minimum absolute atomic E-state index is 0.542. The molecule has 10 heavy (non-hydrogen) atoms. The maximum atomic E-state index is 5.67. The van der Waals surface area contributed by atoms with Gasteiger partial charge in [-0.25, -0.2) is 0 Å². The average Bonchev–Trinajstić information content (AvgIpc) is 1.88. The van der Waals surface area contributed by atoms with Crippen molar-refractivity contribution in [1.82, 2.24) is 4.98 Å². The maximum Gasteiger partial charge on any atom is 0.0537 e. The fourth-order valence-corrected chi connectivity index (χ4v) is 0.832. The number of hydrogen-bond acceptors (Lipinski definition) is 1. The van der Waals surface area contributed by atoms with Crippen LogP contribution in [0.2, 0.25) is 5.02 Å². The number of halogens is 1. The first-order valence-corrected chi connectivity index (χ1v) is 3.24. The van der Waals surface area contributed by atoms with Gasteiger partial charge in [-0.1, -0.05) is 11.6 Å². The molecule has 0 amide bonds. The molecule has 0 unspecified atom stereocenters. The van der Waals surface area contributed by atoms with Gasteiger partial charge >= 0.3 is 0 Å². The third-order valence-corrected chi connectivity index (χ3v) is 1.30. The summed E-state index contributed by atoms with van der Waals surface area (Å²) in [5.41, 5.74) is 0.843. The first-order chi connectivity index (χ1) is 4.83. The van der Waals surface area contributed by atoms with Gasteiger partial charge in [-0.3, -0.25) is 4.98 Å². The van der Waals surface area contributed by atoms with Crippen molar-refractivity contribution in [3.05, 3.63) is 29.0 Å². The standard InChI is InChI=1S/C8H6ClN/c1-2-3-8-6-7(9)4-5-10-8/h1,4-6H,3H2. The van der Waals surface area contributed by atoms with Crippen molar-refractivity contribution in [1.29, 1.82) is 0 Å². The van der Waals surface area contributed by atoms with Crippen molar-refractivity contribution < 1.29 is 0 Å². The molecule has 0 radical (unpaired) electrons. The van der Waals surface area contributed by atoms with E-state index in [9.17, 15) is 0 Å². The van der Waals surface area contributed by atoms with Crippen LogP contribution in [0.5, 0.6) is 0 Å². The van der Waals surface area contributed by atoms with Crippen LogP contribution in [0.4, 0.5) is 0 Å². The SMILES string of the molecule is C#CCc1cc(Cl)ccn1. The largest absolute Gasteiger partial charge is 0.260 e. The summed E-state index contributed by atoms with van der Waals surface area (Å²) in [4.78, 5) is 4.00. The minimum Gasteiger partial charge on any atom is -0.260 e. The highest BCUT2D eigenvalue weighted by Crippen LogP contribution is 2.07. The zero-order chi connectivity index (χ0) is 7.40. The van der Waals surface area contributed by atoms with Gasteiger partial charge in [0.05, 0.1) is 12.1 Å². The van der Waals surface area contributed by atoms with Crippen molar-refractivity contribution in [2.45, 2.75) is 6.42 Å². The fraction of sp³-hybridized carbons (Fsp3) is 0.125. The lowest BCUT2D eigenvalue weighted by Crippen LogP contribution is -1.84. The van der Waals surface area contributed by atoms with Crippen LogP contribution in [-0.4, -0.2) is 4.98 Å². The van der Waals surface area contributed by atoms with Gasteiger partial charge in [0.2, 0.25) is 0 Å². The van der Waals surface area contributed by atoms with Crippen LogP contribution < -0.4 is 0 Å². The molecule has 0 aliphatic carbocycles. The molecule has 1 rings (SSSR count). The summed E-state index contributed by atoms with van der Waals surface area (Å²) in [6.45, 7) is 0. The number of terminal acetylenes is 1. The summed E-state index contributed by atoms with van der Waals surface area (Å²) in [5, 5.41) is 0.681. The van der Waals surface area contributed by atoms with Gasteiger partial charge in [0.25, 0.3) is 0 Å². The summed E-state index contributed by atoms with van der Waals surface area (Å²) in [5.74, 6) is 2.49. The minimum atomic E-state index is 0.542. The predicted octanol–water partition coefficient (Wildman–Crippen LogP) is 1.91. The van der Waals surface area contributed by atoms with Gasteiger partial charge in [-0.05, 0) is 12.1 Å². The van der Waals surface area contributed by atoms with E-state index >= 15 is 0 Å². The van der Waals surface area contributed by atoms with Gasteiger partial charge in [0.1, 0.15) is 0 Å². The Hall–Kier alpha value is -1.00. The molecule has 1 heterocycles. The molecule has 0 saturated heterocycles. The molecule has 0 fully saturated rings. The molecule has 0 spiro atoms. The van der Waals surface area contributed by atoms with Crippen LogP contribution in [0.1, 0.15) is 5.69 Å². The topological polar surface area (TPSA) is 12.9 Å². The van der Waals surface area contributed by atoms with Crippen LogP contribution in [0, 0.1) is 12.3 Å². The van der Waals surface area contributed by atoms with Gasteiger partial charge in [0, 0.05) is 11.2 Å². The Morgan fingerprint density at radius 2 is 2.50 bits per heavy atom. The molecule has 1 aromatic heterocycles. The van der Waals surface area contributed by atoms with Crippen LogP contribution in [0.25, 0.3) is 0 Å². The van der Waals surface area contributed by atoms with Crippen molar-refractivity contribution in [3.63, 3.8) is 0 Å². The lowest BCUT2D eigenvalue weighted by molar-refractivity contribution is 1.13. The summed E-state index contributed by atoms with van der Waals surface area (Å²) in [6, 6.07) is 3.49. The van der Waals surface area contributed by atoms with E-state index in [0.717, 1.165) is 5.69 Å². The lowest BCUT2D eigenvalue weighted by Gasteiger charge is -1.92. The monoisotopic (exact) mass is 151 g/mol. The first-order valence-electron chi connectivity index (χ1n) is 2.87. The first kappa shape index (κ1) is 7.11. The normalized spacial score (nSPS) is 8.80. The van der Waals surface area contributed by atoms with Crippen molar-refractivity contribution in [2.75, 3.05) is 0 Å². The second-order valence-electron chi connectivity index (χ2n) is 1.85. The zero-order valence-corrected chi connectivity index (χ0v) is 6.10. The third-order valence-electron chi connectivity index (χ3n) is 1.06. The van der Waals surface area contributed by atoms with Crippen molar-refractivity contribution in [2.24, 2.45) is 0 Å². The van der Waals surface area contributed by atoms with Crippen molar-refractivity contribution in [3.8, 4) is 12.3 Å². The van der Waals surface area contributed by atoms with E-state index in [1.807, 2.05) is 0 Å². The number of nitrogens with zero attached hydrogens (tertiary/aromatic N) is 1. The summed E-state index contributed by atoms with van der Waals surface area (Å²) in [6.07, 6.45) is 7.27. The zero-order valence-electron chi connectivity index (χ0n) is 5.34. The van der Waals surface area contributed by atoms with E-state index in [-0.39, 0.29) is 0 Å². The second kappa shape index (κ2) is 3.24. The molecule has 0 atom stereocenters. The predicted molar refractivity (Wildman–Crippen MR) is 41.8 cm³/mol. The molecule has 50 valence electrons. The number of pyridine rings is 1. The van der Waals surface area contributed by atoms with Gasteiger partial charge in [-0.15, -0.1) is 12.3 Å². The molecule has 0 aromatic carbocycles. The molecular formula is C8H6ClN. The molecule has 0 N–H and O–H groups in total. The lowest BCUT2D eigenvalue weighted by atomic mass is 10.3. The Balaban J connectivity index is 2.87. The Morgan fingerprint density at radius 1 is 1.70 bits per heavy atom. The highest BCUT2D eigenvalue weighted by atomic mass is 35.5. The Labute approximate surface area is 65.0 Å². The van der Waals surface area contributed by atoms with Crippen LogP contribution >= 0.6 is 11.6 Å². The molecule has 1 nitrogen and oxygen atoms in total. The Bertz CT molecular complexity index is 262. The molecular weight excluding hydrogens is 146 g/mol. The van der Waals surface area contributed by atoms with Crippen LogP contribution in [-0.2, 0) is 6.42 Å². The summed E-state index contributed by atoms with van der Waals surface area (Å²) >= 11 is 5.67. The van der Waals surface area contributed by atoms with E-state index in [2.05, 4.69) is 10.9 Å². The van der Waals surface area contributed by atoms with Crippen LogP contribution in [0.3, 0.4) is 0 Å². The quantitative estimate of drug-likeness (QED) is 0.559. The highest BCUT2D eigenvalue weighted by molar-refractivity contribution is 6.30. The number of aromatic nitrogens is 1. The fourth-order valence-electron chi connectivity index (χ4n) is 0.650. The van der Waals surface area contributed by atoms with E-state index < -0.39 is 0 Å². The molecule has 1 aromatic rings. The van der Waals surface area contributed by atoms with Gasteiger partial charge < -0.3 is 0 Å². The molecule has 0 bridgehead atoms. The smallest absolute Gasteiger partial charge is 0.0537 e. The van der Waals surface area contributed by atoms with E-state index in [0.29, 0.717) is 11.4 Å². The highest BCUT2D eigenvalue weighted by Gasteiger charge is 1.90. The number of hydrogen-bond donors (Lipinski definition) is 0. The van der Waals surface area contributed by atoms with Crippen LogP contribution in [0.15, 0.2) is 18.3 Å². The van der Waals surface area contributed by atoms with Gasteiger partial charge in [0.15, 0.2) is 0 Å². The second-order valence-corrected chi connectivity index (χ2v) is 2.28. The van der Waals surface area contributed by atoms with Crippen molar-refractivity contribution >= 4 is 11.6 Å². The third kappa shape index (κ3) is 1.75. The summed E-state index contributed by atoms with van der Waals surface area (Å²) < 4.78 is 0. The molecule has 0 aliphatic heterocycles. The van der Waals surface area contributed by atoms with E-state index in [1.165, 1.54) is 0 Å². The summed E-state index contributed by atoms with van der Waals surface area (Å²) in [7, 11) is 0. The molecule has 0 saturated carbocycles. The number of rotatable bonds is 1. The molecule has 0 aliphatic rings. The molecule has 2 heteroatoms. The Kier molecular flexibility index (Phi) is 2.30. The van der Waals surface area contributed by atoms with E-state index in [4.69, 9.17) is 18.0 Å². The van der Waals surface area contributed by atoms with Gasteiger partial charge in [-0.2, -0.15) is 0 Å². The maximum absolute atomic E-state index is 5.67.